The Bertz CT molecular complexity index is 1740. The Balaban J connectivity index is 2.10. The summed E-state index contributed by atoms with van der Waals surface area (Å²) in [4.78, 5) is 54.7. The van der Waals surface area contributed by atoms with Crippen molar-refractivity contribution in [2.45, 2.75) is 91.1 Å². The second kappa shape index (κ2) is 18.5. The lowest BCUT2D eigenvalue weighted by Crippen LogP contribution is -2.59. The predicted octanol–water partition coefficient (Wildman–Crippen LogP) is 7.12. The number of hydrogen-bond donors (Lipinski definition) is 3. The van der Waals surface area contributed by atoms with Gasteiger partial charge in [-0.2, -0.15) is 13.2 Å². The minimum atomic E-state index is -4.82. The lowest BCUT2D eigenvalue weighted by molar-refractivity contribution is -0.210. The van der Waals surface area contributed by atoms with Crippen LogP contribution in [0.15, 0.2) is 71.5 Å². The number of nitrogens with one attached hydrogen (secondary N) is 3. The Labute approximate surface area is 309 Å². The number of rotatable bonds is 16. The van der Waals surface area contributed by atoms with Gasteiger partial charge in [0.1, 0.15) is 18.8 Å². The minimum Gasteiger partial charge on any atom is -0.444 e. The van der Waals surface area contributed by atoms with Gasteiger partial charge in [-0.05, 0) is 48.2 Å². The van der Waals surface area contributed by atoms with Crippen molar-refractivity contribution in [2.75, 3.05) is 25.1 Å². The van der Waals surface area contributed by atoms with E-state index in [2.05, 4.69) is 16.0 Å². The van der Waals surface area contributed by atoms with Gasteiger partial charge in [0, 0.05) is 13.2 Å². The van der Waals surface area contributed by atoms with Crippen LogP contribution in [0, 0.1) is 5.92 Å². The number of carbonyl (C=O) groups is 3. The van der Waals surface area contributed by atoms with Gasteiger partial charge in [0.25, 0.3) is 11.5 Å². The summed E-state index contributed by atoms with van der Waals surface area (Å²) >= 11 is 0. The zero-order valence-corrected chi connectivity index (χ0v) is 32.6. The Hall–Kier alpha value is -4.47. The van der Waals surface area contributed by atoms with Crippen molar-refractivity contribution in [3.05, 3.63) is 88.2 Å². The first-order valence-electron chi connectivity index (χ1n) is 17.5. The zero-order valence-electron chi connectivity index (χ0n) is 31.6. The predicted molar refractivity (Wildman–Crippen MR) is 200 cm³/mol. The van der Waals surface area contributed by atoms with Crippen molar-refractivity contribution in [3.8, 4) is 11.3 Å². The van der Waals surface area contributed by atoms with Gasteiger partial charge in [0.05, 0.1) is 23.9 Å². The summed E-state index contributed by atoms with van der Waals surface area (Å²) in [7, 11) is -2.98. The second-order valence-electron chi connectivity index (χ2n) is 14.4. The van der Waals surface area contributed by atoms with E-state index >= 15 is 0 Å². The molecule has 1 aromatic heterocycles. The standard InChI is InChI=1S/C38H51F3N4O7Si/c1-9-50-21-20-42-34(47)28-22-29(27-18-14-11-15-19-27)45(35(48)32(28)44-36(49)51-24-26-16-12-10-13-17-26)23-30(46)43-31(25(2)3)33(38(39,40)41)52-53(7,8)37(4,5)6/h10-19,22,25,31,33H,9,20-21,23-24H2,1-8H3,(H,42,47)(H,43,46)(H,44,49). The molecule has 0 saturated carbocycles. The molecule has 3 N–H and O–H groups in total. The van der Waals surface area contributed by atoms with Gasteiger partial charge in [0.2, 0.25) is 5.91 Å². The van der Waals surface area contributed by atoms with E-state index in [-0.39, 0.29) is 31.0 Å². The summed E-state index contributed by atoms with van der Waals surface area (Å²) in [6.07, 6.45) is -8.19. The van der Waals surface area contributed by atoms with Crippen LogP contribution in [0.25, 0.3) is 11.3 Å². The number of alkyl halides is 3. The van der Waals surface area contributed by atoms with Gasteiger partial charge in [-0.25, -0.2) is 4.79 Å². The van der Waals surface area contributed by atoms with Crippen LogP contribution < -0.4 is 21.5 Å². The summed E-state index contributed by atoms with van der Waals surface area (Å²) in [5, 5.41) is 6.99. The van der Waals surface area contributed by atoms with Crippen LogP contribution in [0.2, 0.25) is 18.1 Å². The van der Waals surface area contributed by atoms with Crippen molar-refractivity contribution in [2.24, 2.45) is 5.92 Å². The molecule has 2 atom stereocenters. The summed E-state index contributed by atoms with van der Waals surface area (Å²) in [5.41, 5.74) is -0.472. The van der Waals surface area contributed by atoms with Gasteiger partial charge in [-0.3, -0.25) is 24.3 Å². The molecule has 0 fully saturated rings. The quantitative estimate of drug-likeness (QED) is 0.104. The number of nitrogens with zero attached hydrogens (tertiary/aromatic N) is 1. The Morgan fingerprint density at radius 1 is 0.943 bits per heavy atom. The average molecular weight is 761 g/mol. The van der Waals surface area contributed by atoms with E-state index in [9.17, 15) is 32.3 Å². The first-order valence-corrected chi connectivity index (χ1v) is 20.4. The molecule has 53 heavy (non-hydrogen) atoms. The lowest BCUT2D eigenvalue weighted by atomic mass is 9.98. The molecular formula is C38H51F3N4O7Si. The lowest BCUT2D eigenvalue weighted by Gasteiger charge is -2.42. The molecule has 1 heterocycles. The highest BCUT2D eigenvalue weighted by Gasteiger charge is 2.52. The number of aromatic nitrogens is 1. The smallest absolute Gasteiger partial charge is 0.415 e. The number of amides is 3. The zero-order chi connectivity index (χ0) is 39.6. The molecule has 290 valence electrons. The normalized spacial score (nSPS) is 13.3. The molecule has 2 unspecified atom stereocenters. The molecule has 15 heteroatoms. The largest absolute Gasteiger partial charge is 0.444 e. The molecular weight excluding hydrogens is 710 g/mol. The molecule has 0 aliphatic carbocycles. The van der Waals surface area contributed by atoms with Crippen molar-refractivity contribution < 1.29 is 41.5 Å². The summed E-state index contributed by atoms with van der Waals surface area (Å²) in [6, 6.07) is 17.0. The van der Waals surface area contributed by atoms with Crippen LogP contribution in [0.3, 0.4) is 0 Å². The van der Waals surface area contributed by atoms with Gasteiger partial charge in [-0.15, -0.1) is 0 Å². The fourth-order valence-electron chi connectivity index (χ4n) is 5.09. The van der Waals surface area contributed by atoms with E-state index in [1.165, 1.54) is 6.07 Å². The number of pyridine rings is 1. The van der Waals surface area contributed by atoms with E-state index in [0.29, 0.717) is 17.7 Å². The van der Waals surface area contributed by atoms with Gasteiger partial charge in [0.15, 0.2) is 14.4 Å². The highest BCUT2D eigenvalue weighted by Crippen LogP contribution is 2.41. The van der Waals surface area contributed by atoms with E-state index in [4.69, 9.17) is 13.9 Å². The maximum Gasteiger partial charge on any atom is 0.415 e. The number of ether oxygens (including phenoxy) is 2. The van der Waals surface area contributed by atoms with E-state index in [1.807, 2.05) is 20.8 Å². The van der Waals surface area contributed by atoms with Crippen LogP contribution in [0.4, 0.5) is 23.7 Å². The molecule has 3 rings (SSSR count). The molecule has 0 aliphatic heterocycles. The Morgan fingerprint density at radius 3 is 2.09 bits per heavy atom. The van der Waals surface area contributed by atoms with Crippen LogP contribution in [0.5, 0.6) is 0 Å². The van der Waals surface area contributed by atoms with Crippen LogP contribution in [-0.2, 0) is 31.8 Å². The molecule has 0 saturated heterocycles. The van der Waals surface area contributed by atoms with Gasteiger partial charge in [-0.1, -0.05) is 95.3 Å². The molecule has 3 aromatic rings. The molecule has 0 radical (unpaired) electrons. The average Bonchev–Trinajstić information content (AvgIpc) is 3.08. The minimum absolute atomic E-state index is 0.0879. The third kappa shape index (κ3) is 12.0. The maximum atomic E-state index is 14.7. The van der Waals surface area contributed by atoms with Crippen molar-refractivity contribution in [1.82, 2.24) is 15.2 Å². The third-order valence-electron chi connectivity index (χ3n) is 9.01. The highest BCUT2D eigenvalue weighted by molar-refractivity contribution is 6.74. The Morgan fingerprint density at radius 2 is 1.55 bits per heavy atom. The van der Waals surface area contributed by atoms with E-state index in [0.717, 1.165) is 4.57 Å². The van der Waals surface area contributed by atoms with Crippen molar-refractivity contribution >= 4 is 31.9 Å². The van der Waals surface area contributed by atoms with E-state index in [1.54, 1.807) is 94.5 Å². The van der Waals surface area contributed by atoms with Crippen LogP contribution >= 0.6 is 0 Å². The Kier molecular flexibility index (Phi) is 15.0. The fraction of sp³-hybridized carbons (Fsp3) is 0.474. The molecule has 2 aromatic carbocycles. The number of hydrogen-bond acceptors (Lipinski definition) is 7. The highest BCUT2D eigenvalue weighted by atomic mass is 28.4. The number of benzene rings is 2. The molecule has 0 spiro atoms. The topological polar surface area (TPSA) is 137 Å². The van der Waals surface area contributed by atoms with Crippen LogP contribution in [-0.4, -0.2) is 68.9 Å². The second-order valence-corrected chi connectivity index (χ2v) is 19.1. The molecule has 3 amide bonds. The number of anilines is 1. The van der Waals surface area contributed by atoms with Gasteiger partial charge >= 0.3 is 12.3 Å². The first kappa shape index (κ1) is 42.9. The maximum absolute atomic E-state index is 14.7. The number of carbonyl (C=O) groups excluding carboxylic acids is 3. The van der Waals surface area contributed by atoms with Crippen LogP contribution in [0.1, 0.15) is 57.5 Å². The third-order valence-corrected chi connectivity index (χ3v) is 13.5. The molecule has 0 aliphatic rings. The molecule has 11 nitrogen and oxygen atoms in total. The SMILES string of the molecule is CCOCCNC(=O)c1cc(-c2ccccc2)n(CC(=O)NC(C(C)C)C(O[Si](C)(C)C(C)(C)C)C(F)(F)F)c(=O)c1NC(=O)OCc1ccccc1. The summed E-state index contributed by atoms with van der Waals surface area (Å²) < 4.78 is 61.5. The van der Waals surface area contributed by atoms with Gasteiger partial charge < -0.3 is 24.5 Å². The fourth-order valence-corrected chi connectivity index (χ4v) is 6.36. The summed E-state index contributed by atoms with van der Waals surface area (Å²) in [6.45, 7) is 13.5. The molecule has 0 bridgehead atoms. The van der Waals surface area contributed by atoms with Crippen molar-refractivity contribution in [3.63, 3.8) is 0 Å². The monoisotopic (exact) mass is 760 g/mol. The first-order chi connectivity index (χ1) is 24.8. The number of halogens is 3. The summed E-state index contributed by atoms with van der Waals surface area (Å²) in [5.74, 6) is -2.35. The van der Waals surface area contributed by atoms with Crippen molar-refractivity contribution in [1.29, 1.82) is 0 Å². The van der Waals surface area contributed by atoms with E-state index < -0.39 is 73.3 Å².